The predicted octanol–water partition coefficient (Wildman–Crippen LogP) is 2.62. The first-order valence-electron chi connectivity index (χ1n) is 10.8. The monoisotopic (exact) mass is 420 g/mol. The van der Waals surface area contributed by atoms with E-state index in [1.54, 1.807) is 4.90 Å². The molecule has 31 heavy (non-hydrogen) atoms. The SMILES string of the molecule is [C-]#[N+]C(C#N)C(=NC1CCCCN(CC(=O)N2CCCC2)C1=O)Nc1ccc(C)cc1. The van der Waals surface area contributed by atoms with Gasteiger partial charge in [0.15, 0.2) is 6.07 Å². The molecule has 2 unspecified atom stereocenters. The maximum Gasteiger partial charge on any atom is 0.363 e. The van der Waals surface area contributed by atoms with Crippen LogP contribution >= 0.6 is 0 Å². The van der Waals surface area contributed by atoms with Crippen molar-refractivity contribution in [1.82, 2.24) is 9.80 Å². The van der Waals surface area contributed by atoms with Gasteiger partial charge in [-0.3, -0.25) is 19.4 Å². The molecule has 0 aliphatic carbocycles. The summed E-state index contributed by atoms with van der Waals surface area (Å²) in [5, 5.41) is 12.5. The maximum absolute atomic E-state index is 13.2. The van der Waals surface area contributed by atoms with E-state index in [0.29, 0.717) is 18.7 Å². The molecule has 0 radical (unpaired) electrons. The minimum atomic E-state index is -1.13. The van der Waals surface area contributed by atoms with E-state index in [0.717, 1.165) is 44.3 Å². The molecule has 0 saturated carbocycles. The molecule has 0 aromatic heterocycles. The molecule has 1 aromatic rings. The number of aryl methyl sites for hydroxylation is 1. The lowest BCUT2D eigenvalue weighted by Gasteiger charge is -2.25. The van der Waals surface area contributed by atoms with Crippen molar-refractivity contribution in [3.8, 4) is 6.07 Å². The summed E-state index contributed by atoms with van der Waals surface area (Å²) in [7, 11) is 0. The Hall–Kier alpha value is -3.39. The first-order valence-corrected chi connectivity index (χ1v) is 10.8. The van der Waals surface area contributed by atoms with Crippen molar-refractivity contribution in [2.45, 2.75) is 51.1 Å². The third kappa shape index (κ3) is 5.82. The minimum absolute atomic E-state index is 0.0236. The molecule has 0 spiro atoms. The van der Waals surface area contributed by atoms with Gasteiger partial charge in [0, 0.05) is 25.3 Å². The molecule has 2 saturated heterocycles. The second-order valence-corrected chi connectivity index (χ2v) is 8.03. The standard InChI is InChI=1S/C23H28N6O2/c1-17-8-10-18(11-9-17)26-22(20(15-24)25-2)27-19-7-3-4-14-29(23(19)31)16-21(30)28-12-5-6-13-28/h8-11,19-20H,3-7,12-14,16H2,1H3,(H,26,27). The zero-order valence-electron chi connectivity index (χ0n) is 17.9. The lowest BCUT2D eigenvalue weighted by Crippen LogP contribution is -2.45. The van der Waals surface area contributed by atoms with Crippen LogP contribution in [0.5, 0.6) is 0 Å². The lowest BCUT2D eigenvalue weighted by atomic mass is 10.1. The van der Waals surface area contributed by atoms with Crippen LogP contribution in [0.1, 0.15) is 37.7 Å². The van der Waals surface area contributed by atoms with Crippen LogP contribution in [0.15, 0.2) is 29.3 Å². The number of likely N-dealkylation sites (tertiary alicyclic amines) is 2. The number of amidine groups is 1. The summed E-state index contributed by atoms with van der Waals surface area (Å²) in [6.45, 7) is 11.4. The van der Waals surface area contributed by atoms with E-state index < -0.39 is 12.1 Å². The van der Waals surface area contributed by atoms with Crippen LogP contribution in [0, 0.1) is 24.8 Å². The Morgan fingerprint density at radius 2 is 1.94 bits per heavy atom. The summed E-state index contributed by atoms with van der Waals surface area (Å²) in [6, 6.07) is 7.64. The number of nitrogens with one attached hydrogen (secondary N) is 1. The molecule has 0 bridgehead atoms. The fourth-order valence-corrected chi connectivity index (χ4v) is 3.87. The predicted molar refractivity (Wildman–Crippen MR) is 118 cm³/mol. The number of amides is 2. The molecule has 1 N–H and O–H groups in total. The Balaban J connectivity index is 1.80. The van der Waals surface area contributed by atoms with Gasteiger partial charge < -0.3 is 15.1 Å². The normalized spacial score (nSPS) is 20.5. The van der Waals surface area contributed by atoms with Crippen molar-refractivity contribution in [2.75, 3.05) is 31.5 Å². The number of hydrogen-bond donors (Lipinski definition) is 1. The van der Waals surface area contributed by atoms with Crippen LogP contribution in [0.2, 0.25) is 0 Å². The Morgan fingerprint density at radius 1 is 1.26 bits per heavy atom. The Morgan fingerprint density at radius 3 is 2.58 bits per heavy atom. The van der Waals surface area contributed by atoms with Crippen LogP contribution in [-0.2, 0) is 9.59 Å². The average molecular weight is 421 g/mol. The molecular weight excluding hydrogens is 392 g/mol. The number of nitrogens with zero attached hydrogens (tertiary/aromatic N) is 5. The van der Waals surface area contributed by atoms with Gasteiger partial charge in [0.25, 0.3) is 0 Å². The first kappa shape index (κ1) is 22.3. The van der Waals surface area contributed by atoms with Crippen molar-refractivity contribution in [3.05, 3.63) is 41.2 Å². The smallest absolute Gasteiger partial charge is 0.341 e. The molecule has 8 nitrogen and oxygen atoms in total. The van der Waals surface area contributed by atoms with Crippen LogP contribution in [0.25, 0.3) is 4.85 Å². The number of rotatable bonds is 5. The Kier molecular flexibility index (Phi) is 7.61. The first-order chi connectivity index (χ1) is 15.0. The fraction of sp³-hybridized carbons (Fsp3) is 0.522. The van der Waals surface area contributed by atoms with E-state index in [2.05, 4.69) is 15.2 Å². The highest BCUT2D eigenvalue weighted by atomic mass is 16.2. The van der Waals surface area contributed by atoms with Gasteiger partial charge in [0.05, 0.1) is 6.54 Å². The molecular formula is C23H28N6O2. The second-order valence-electron chi connectivity index (χ2n) is 8.03. The van der Waals surface area contributed by atoms with Crippen molar-refractivity contribution in [2.24, 2.45) is 4.99 Å². The quantitative estimate of drug-likeness (QED) is 0.450. The lowest BCUT2D eigenvalue weighted by molar-refractivity contribution is -0.140. The fourth-order valence-electron chi connectivity index (χ4n) is 3.87. The highest BCUT2D eigenvalue weighted by Gasteiger charge is 2.32. The zero-order chi connectivity index (χ0) is 22.2. The third-order valence-electron chi connectivity index (χ3n) is 5.67. The molecule has 2 fully saturated rings. The van der Waals surface area contributed by atoms with Crippen LogP contribution in [0.3, 0.4) is 0 Å². The highest BCUT2D eigenvalue weighted by Crippen LogP contribution is 2.18. The van der Waals surface area contributed by atoms with Crippen LogP contribution in [0.4, 0.5) is 5.69 Å². The molecule has 2 aliphatic heterocycles. The molecule has 8 heteroatoms. The van der Waals surface area contributed by atoms with Crippen molar-refractivity contribution in [1.29, 1.82) is 5.26 Å². The topological polar surface area (TPSA) is 93.2 Å². The van der Waals surface area contributed by atoms with Gasteiger partial charge in [0.1, 0.15) is 6.04 Å². The number of nitriles is 1. The van der Waals surface area contributed by atoms with Crippen molar-refractivity contribution >= 4 is 23.3 Å². The second kappa shape index (κ2) is 10.6. The van der Waals surface area contributed by atoms with Crippen molar-refractivity contribution < 1.29 is 9.59 Å². The van der Waals surface area contributed by atoms with Gasteiger partial charge in [0.2, 0.25) is 17.6 Å². The van der Waals surface area contributed by atoms with E-state index in [1.807, 2.05) is 42.2 Å². The van der Waals surface area contributed by atoms with Crippen LogP contribution < -0.4 is 5.32 Å². The van der Waals surface area contributed by atoms with Gasteiger partial charge in [-0.2, -0.15) is 5.26 Å². The van der Waals surface area contributed by atoms with E-state index in [-0.39, 0.29) is 24.2 Å². The molecule has 162 valence electrons. The molecule has 3 rings (SSSR count). The largest absolute Gasteiger partial charge is 0.363 e. The summed E-state index contributed by atoms with van der Waals surface area (Å²) in [5.74, 6) is -0.0631. The van der Waals surface area contributed by atoms with E-state index >= 15 is 0 Å². The number of carbonyl (C=O) groups is 2. The van der Waals surface area contributed by atoms with Gasteiger partial charge in [-0.05, 0) is 51.2 Å². The summed E-state index contributed by atoms with van der Waals surface area (Å²) in [4.78, 5) is 37.1. The number of hydrogen-bond acceptors (Lipinski definition) is 4. The number of anilines is 1. The third-order valence-corrected chi connectivity index (χ3v) is 5.67. The molecule has 2 heterocycles. The molecule has 1 aromatic carbocycles. The summed E-state index contributed by atoms with van der Waals surface area (Å²) in [5.41, 5.74) is 1.79. The Bertz CT molecular complexity index is 891. The van der Waals surface area contributed by atoms with Gasteiger partial charge in [-0.15, -0.1) is 0 Å². The number of carbonyl (C=O) groups excluding carboxylic acids is 2. The van der Waals surface area contributed by atoms with E-state index in [4.69, 9.17) is 6.57 Å². The zero-order valence-corrected chi connectivity index (χ0v) is 17.9. The van der Waals surface area contributed by atoms with Crippen LogP contribution in [-0.4, -0.2) is 65.7 Å². The van der Waals surface area contributed by atoms with Gasteiger partial charge >= 0.3 is 6.04 Å². The van der Waals surface area contributed by atoms with Gasteiger partial charge in [-0.1, -0.05) is 17.7 Å². The van der Waals surface area contributed by atoms with Crippen molar-refractivity contribution in [3.63, 3.8) is 0 Å². The molecule has 2 atom stereocenters. The molecule has 2 aliphatic rings. The van der Waals surface area contributed by atoms with E-state index in [9.17, 15) is 14.9 Å². The van der Waals surface area contributed by atoms with E-state index in [1.165, 1.54) is 0 Å². The summed E-state index contributed by atoms with van der Waals surface area (Å²) >= 11 is 0. The summed E-state index contributed by atoms with van der Waals surface area (Å²) < 4.78 is 0. The Labute approximate surface area is 183 Å². The maximum atomic E-state index is 13.2. The minimum Gasteiger partial charge on any atom is -0.341 e. The number of aliphatic imine (C=N–C) groups is 1. The molecule has 2 amide bonds. The summed E-state index contributed by atoms with van der Waals surface area (Å²) in [6.07, 6.45) is 4.14. The number of benzene rings is 1. The van der Waals surface area contributed by atoms with Gasteiger partial charge in [-0.25, -0.2) is 6.57 Å². The highest BCUT2D eigenvalue weighted by molar-refractivity contribution is 6.03. The average Bonchev–Trinajstić information content (AvgIpc) is 3.26.